The van der Waals surface area contributed by atoms with E-state index in [1.807, 2.05) is 36.4 Å². The van der Waals surface area contributed by atoms with Crippen LogP contribution in [0.25, 0.3) is 0 Å². The van der Waals surface area contributed by atoms with Crippen molar-refractivity contribution in [3.63, 3.8) is 0 Å². The Morgan fingerprint density at radius 3 is 2.36 bits per heavy atom. The first kappa shape index (κ1) is 13.7. The molecule has 6 nitrogen and oxygen atoms in total. The highest BCUT2D eigenvalue weighted by Gasteiger charge is 2.15. The summed E-state index contributed by atoms with van der Waals surface area (Å²) >= 11 is 0. The predicted octanol–water partition coefficient (Wildman–Crippen LogP) is 1.36. The second-order valence-corrected chi connectivity index (χ2v) is 4.68. The molecule has 110 valence electrons. The highest BCUT2D eigenvalue weighted by Crippen LogP contribution is 2.07. The number of hydrazone groups is 1. The first-order valence-corrected chi connectivity index (χ1v) is 6.76. The van der Waals surface area contributed by atoms with Gasteiger partial charge in [-0.15, -0.1) is 10.3 Å². The third-order valence-electron chi connectivity index (χ3n) is 3.05. The summed E-state index contributed by atoms with van der Waals surface area (Å²) in [7, 11) is 0. The van der Waals surface area contributed by atoms with E-state index in [1.165, 1.54) is 5.23 Å². The van der Waals surface area contributed by atoms with E-state index in [9.17, 15) is 4.79 Å². The van der Waals surface area contributed by atoms with Gasteiger partial charge < -0.3 is 5.73 Å². The van der Waals surface area contributed by atoms with Gasteiger partial charge in [0.25, 0.3) is 5.91 Å². The van der Waals surface area contributed by atoms with Crippen molar-refractivity contribution in [3.8, 4) is 0 Å². The summed E-state index contributed by atoms with van der Waals surface area (Å²) in [6.07, 6.45) is 1.71. The smallest absolute Gasteiger partial charge is 0.272 e. The molecule has 6 heteroatoms. The molecular weight excluding hydrogens is 278 g/mol. The number of carbonyl (C=O) groups excluding carboxylic acids is 1. The van der Waals surface area contributed by atoms with Crippen molar-refractivity contribution < 1.29 is 4.79 Å². The first-order chi connectivity index (χ1) is 10.7. The van der Waals surface area contributed by atoms with Crippen LogP contribution in [0.15, 0.2) is 77.7 Å². The summed E-state index contributed by atoms with van der Waals surface area (Å²) in [6, 6.07) is 18.5. The van der Waals surface area contributed by atoms with Crippen molar-refractivity contribution in [3.05, 3.63) is 83.7 Å². The molecule has 0 aromatic heterocycles. The Labute approximate surface area is 127 Å². The van der Waals surface area contributed by atoms with E-state index < -0.39 is 0 Å². The molecule has 0 saturated carbocycles. The van der Waals surface area contributed by atoms with Crippen LogP contribution in [0.1, 0.15) is 15.9 Å². The van der Waals surface area contributed by atoms with E-state index in [2.05, 4.69) is 16.0 Å². The van der Waals surface area contributed by atoms with Crippen LogP contribution in [0, 0.1) is 0 Å². The van der Waals surface area contributed by atoms with Crippen LogP contribution in [0.3, 0.4) is 0 Å². The molecular formula is C16H15N5O. The molecule has 0 radical (unpaired) electrons. The first-order valence-electron chi connectivity index (χ1n) is 6.76. The lowest BCUT2D eigenvalue weighted by atomic mass is 10.1. The van der Waals surface area contributed by atoms with Gasteiger partial charge in [-0.3, -0.25) is 4.79 Å². The van der Waals surface area contributed by atoms with Gasteiger partial charge in [-0.05, 0) is 12.1 Å². The molecule has 0 saturated heterocycles. The van der Waals surface area contributed by atoms with E-state index in [0.29, 0.717) is 17.1 Å². The molecule has 1 aliphatic rings. The van der Waals surface area contributed by atoms with Crippen LogP contribution >= 0.6 is 0 Å². The summed E-state index contributed by atoms with van der Waals surface area (Å²) < 4.78 is 0. The molecule has 0 fully saturated rings. The maximum Gasteiger partial charge on any atom is 0.272 e. The molecule has 0 unspecified atom stereocenters. The molecule has 3 rings (SSSR count). The number of hydrazine groups is 2. The standard InChI is InChI=1S/C16H15N5O/c17-15-11-14(12-7-3-1-4-8-12)18-21(19-15)20-16(22)13-9-5-2-6-10-13/h1-11,19H,17H2,(H,20,22). The summed E-state index contributed by atoms with van der Waals surface area (Å²) in [5.74, 6) is 0.112. The molecule has 1 heterocycles. The number of carbonyl (C=O) groups is 1. The van der Waals surface area contributed by atoms with Crippen molar-refractivity contribution in [1.82, 2.24) is 16.1 Å². The van der Waals surface area contributed by atoms with E-state index in [4.69, 9.17) is 5.73 Å². The van der Waals surface area contributed by atoms with Gasteiger partial charge in [0.1, 0.15) is 5.82 Å². The Hall–Kier alpha value is -3.28. The van der Waals surface area contributed by atoms with Gasteiger partial charge >= 0.3 is 0 Å². The van der Waals surface area contributed by atoms with E-state index in [1.54, 1.807) is 30.3 Å². The Bertz CT molecular complexity index is 725. The number of hydrogen-bond donors (Lipinski definition) is 3. The molecule has 0 spiro atoms. The number of allylic oxidation sites excluding steroid dienone is 1. The highest BCUT2D eigenvalue weighted by molar-refractivity contribution is 6.09. The molecule has 1 amide bonds. The Kier molecular flexibility index (Phi) is 3.74. The fraction of sp³-hybridized carbons (Fsp3) is 0. The normalized spacial score (nSPS) is 13.7. The van der Waals surface area contributed by atoms with Gasteiger partial charge in [0.2, 0.25) is 0 Å². The van der Waals surface area contributed by atoms with Gasteiger partial charge in [-0.2, -0.15) is 0 Å². The number of amides is 1. The molecule has 0 bridgehead atoms. The zero-order chi connectivity index (χ0) is 15.4. The molecule has 4 N–H and O–H groups in total. The molecule has 1 aliphatic heterocycles. The monoisotopic (exact) mass is 293 g/mol. The third-order valence-corrected chi connectivity index (χ3v) is 3.05. The SMILES string of the molecule is NC1=CC(c2ccccc2)=NN(NC(=O)c2ccccc2)N1. The number of nitrogens with one attached hydrogen (secondary N) is 2. The maximum atomic E-state index is 12.1. The molecule has 22 heavy (non-hydrogen) atoms. The maximum absolute atomic E-state index is 12.1. The molecule has 0 aliphatic carbocycles. The Morgan fingerprint density at radius 2 is 1.68 bits per heavy atom. The summed E-state index contributed by atoms with van der Waals surface area (Å²) in [5, 5.41) is 5.53. The number of benzene rings is 2. The van der Waals surface area contributed by atoms with Crippen LogP contribution in [0.4, 0.5) is 0 Å². The van der Waals surface area contributed by atoms with Crippen molar-refractivity contribution in [2.45, 2.75) is 0 Å². The number of nitrogens with zero attached hydrogens (tertiary/aromatic N) is 2. The van der Waals surface area contributed by atoms with E-state index in [0.717, 1.165) is 5.56 Å². The van der Waals surface area contributed by atoms with Gasteiger partial charge in [0.15, 0.2) is 0 Å². The van der Waals surface area contributed by atoms with Gasteiger partial charge in [-0.25, -0.2) is 10.9 Å². The minimum Gasteiger partial charge on any atom is -0.384 e. The predicted molar refractivity (Wildman–Crippen MR) is 84.1 cm³/mol. The van der Waals surface area contributed by atoms with Crippen molar-refractivity contribution in [2.24, 2.45) is 10.8 Å². The van der Waals surface area contributed by atoms with Crippen LogP contribution in [-0.2, 0) is 0 Å². The third kappa shape index (κ3) is 3.06. The van der Waals surface area contributed by atoms with Crippen molar-refractivity contribution >= 4 is 11.6 Å². The zero-order valence-corrected chi connectivity index (χ0v) is 11.7. The lowest BCUT2D eigenvalue weighted by molar-refractivity contribution is 0.0703. The summed E-state index contributed by atoms with van der Waals surface area (Å²) in [6.45, 7) is 0. The number of rotatable bonds is 3. The Morgan fingerprint density at radius 1 is 1.05 bits per heavy atom. The summed E-state index contributed by atoms with van der Waals surface area (Å²) in [4.78, 5) is 12.1. The van der Waals surface area contributed by atoms with Crippen LogP contribution in [-0.4, -0.2) is 16.8 Å². The average Bonchev–Trinajstić information content (AvgIpc) is 2.56. The second kappa shape index (κ2) is 6.01. The van der Waals surface area contributed by atoms with Crippen LogP contribution < -0.4 is 16.6 Å². The molecule has 2 aromatic carbocycles. The minimum atomic E-state index is -0.279. The molecule has 2 aromatic rings. The number of hydrogen-bond acceptors (Lipinski definition) is 5. The fourth-order valence-corrected chi connectivity index (χ4v) is 2.02. The molecule has 0 atom stereocenters. The zero-order valence-electron chi connectivity index (χ0n) is 11.7. The number of nitrogens with two attached hydrogens (primary N) is 1. The quantitative estimate of drug-likeness (QED) is 0.798. The van der Waals surface area contributed by atoms with Gasteiger partial charge in [-0.1, -0.05) is 48.5 Å². The largest absolute Gasteiger partial charge is 0.384 e. The van der Waals surface area contributed by atoms with Crippen molar-refractivity contribution in [2.75, 3.05) is 0 Å². The Balaban J connectivity index is 1.79. The topological polar surface area (TPSA) is 82.8 Å². The van der Waals surface area contributed by atoms with E-state index >= 15 is 0 Å². The second-order valence-electron chi connectivity index (χ2n) is 4.68. The van der Waals surface area contributed by atoms with Crippen LogP contribution in [0.2, 0.25) is 0 Å². The van der Waals surface area contributed by atoms with Gasteiger partial charge in [0.05, 0.1) is 5.71 Å². The minimum absolute atomic E-state index is 0.279. The summed E-state index contributed by atoms with van der Waals surface area (Å²) in [5.41, 5.74) is 13.4. The van der Waals surface area contributed by atoms with Crippen LogP contribution in [0.5, 0.6) is 0 Å². The van der Waals surface area contributed by atoms with E-state index in [-0.39, 0.29) is 5.91 Å². The lowest BCUT2D eigenvalue weighted by Crippen LogP contribution is -2.50. The lowest BCUT2D eigenvalue weighted by Gasteiger charge is -2.25. The average molecular weight is 293 g/mol. The fourth-order valence-electron chi connectivity index (χ4n) is 2.02. The van der Waals surface area contributed by atoms with Gasteiger partial charge in [0, 0.05) is 17.2 Å². The van der Waals surface area contributed by atoms with Crippen molar-refractivity contribution in [1.29, 1.82) is 0 Å². The highest BCUT2D eigenvalue weighted by atomic mass is 16.2.